The molecule has 1 amide bonds. The molecule has 0 fully saturated rings. The molecule has 0 unspecified atom stereocenters. The van der Waals surface area contributed by atoms with Crippen LogP contribution >= 0.6 is 12.4 Å². The monoisotopic (exact) mass is 209 g/mol. The van der Waals surface area contributed by atoms with Gasteiger partial charge in [0.25, 0.3) is 0 Å². The number of aliphatic hydroxyl groups is 1. The maximum atomic E-state index is 10.6. The number of hydrogen-bond donors (Lipinski definition) is 3. The van der Waals surface area contributed by atoms with Crippen molar-refractivity contribution in [3.05, 3.63) is 12.7 Å². The van der Waals surface area contributed by atoms with Gasteiger partial charge in [0.05, 0.1) is 6.10 Å². The molecule has 0 heterocycles. The SMILES string of the molecule is C=CC(=O)N[C@H](C(=O)O)[C@@H](C)O.Cl. The van der Waals surface area contributed by atoms with Crippen molar-refractivity contribution in [1.29, 1.82) is 0 Å². The summed E-state index contributed by atoms with van der Waals surface area (Å²) < 4.78 is 0. The Morgan fingerprint density at radius 1 is 1.54 bits per heavy atom. The number of carbonyl (C=O) groups is 2. The van der Waals surface area contributed by atoms with E-state index in [1.54, 1.807) is 0 Å². The zero-order chi connectivity index (χ0) is 9.72. The third-order valence-electron chi connectivity index (χ3n) is 1.23. The average Bonchev–Trinajstić information content (AvgIpc) is 1.98. The maximum absolute atomic E-state index is 10.6. The lowest BCUT2D eigenvalue weighted by molar-refractivity contribution is -0.144. The number of rotatable bonds is 4. The summed E-state index contributed by atoms with van der Waals surface area (Å²) in [6, 6.07) is -1.28. The Kier molecular flexibility index (Phi) is 7.17. The maximum Gasteiger partial charge on any atom is 0.328 e. The van der Waals surface area contributed by atoms with Gasteiger partial charge in [-0.2, -0.15) is 0 Å². The van der Waals surface area contributed by atoms with Gasteiger partial charge in [0.15, 0.2) is 6.04 Å². The van der Waals surface area contributed by atoms with Crippen molar-refractivity contribution >= 4 is 24.3 Å². The molecular formula is C7H12ClNO4. The molecule has 0 aromatic carbocycles. The van der Waals surface area contributed by atoms with Gasteiger partial charge in [0.1, 0.15) is 0 Å². The van der Waals surface area contributed by atoms with Gasteiger partial charge in [-0.25, -0.2) is 4.79 Å². The topological polar surface area (TPSA) is 86.6 Å². The van der Waals surface area contributed by atoms with Crippen LogP contribution in [0.2, 0.25) is 0 Å². The van der Waals surface area contributed by atoms with Crippen molar-refractivity contribution in [3.63, 3.8) is 0 Å². The van der Waals surface area contributed by atoms with Crippen LogP contribution in [-0.2, 0) is 9.59 Å². The summed E-state index contributed by atoms with van der Waals surface area (Å²) in [6.07, 6.45) is -0.190. The highest BCUT2D eigenvalue weighted by atomic mass is 35.5. The Balaban J connectivity index is 0. The highest BCUT2D eigenvalue weighted by molar-refractivity contribution is 5.90. The molecule has 3 N–H and O–H groups in total. The van der Waals surface area contributed by atoms with Crippen LogP contribution in [0.5, 0.6) is 0 Å². The van der Waals surface area contributed by atoms with Crippen LogP contribution in [0.4, 0.5) is 0 Å². The van der Waals surface area contributed by atoms with Crippen molar-refractivity contribution < 1.29 is 19.8 Å². The van der Waals surface area contributed by atoms with E-state index < -0.39 is 24.0 Å². The van der Waals surface area contributed by atoms with Crippen LogP contribution in [-0.4, -0.2) is 34.2 Å². The molecule has 0 rings (SSSR count). The van der Waals surface area contributed by atoms with Crippen molar-refractivity contribution in [2.45, 2.75) is 19.1 Å². The van der Waals surface area contributed by atoms with Crippen LogP contribution in [0.15, 0.2) is 12.7 Å². The summed E-state index contributed by atoms with van der Waals surface area (Å²) in [5.41, 5.74) is 0. The Bertz CT molecular complexity index is 205. The van der Waals surface area contributed by atoms with Crippen LogP contribution < -0.4 is 5.32 Å². The molecule has 13 heavy (non-hydrogen) atoms. The first-order valence-corrected chi connectivity index (χ1v) is 3.33. The number of hydrogen-bond acceptors (Lipinski definition) is 3. The van der Waals surface area contributed by atoms with Crippen LogP contribution in [0.25, 0.3) is 0 Å². The van der Waals surface area contributed by atoms with E-state index in [4.69, 9.17) is 10.2 Å². The lowest BCUT2D eigenvalue weighted by atomic mass is 10.2. The minimum Gasteiger partial charge on any atom is -0.480 e. The Labute approximate surface area is 81.9 Å². The molecule has 76 valence electrons. The Morgan fingerprint density at radius 3 is 2.23 bits per heavy atom. The Hall–Kier alpha value is -1.07. The van der Waals surface area contributed by atoms with Gasteiger partial charge in [-0.3, -0.25) is 4.79 Å². The first-order chi connectivity index (χ1) is 5.49. The number of aliphatic carboxylic acids is 1. The van der Waals surface area contributed by atoms with E-state index in [1.807, 2.05) is 0 Å². The van der Waals surface area contributed by atoms with Gasteiger partial charge in [0.2, 0.25) is 5.91 Å². The number of aliphatic hydroxyl groups excluding tert-OH is 1. The zero-order valence-corrected chi connectivity index (χ0v) is 7.87. The van der Waals surface area contributed by atoms with Gasteiger partial charge in [-0.05, 0) is 13.0 Å². The molecule has 2 atom stereocenters. The van der Waals surface area contributed by atoms with E-state index in [2.05, 4.69) is 11.9 Å². The standard InChI is InChI=1S/C7H11NO4.ClH/c1-3-5(10)8-6(4(2)9)7(11)12;/h3-4,6,9H,1H2,2H3,(H,8,10)(H,11,12);1H/t4-,6+;/m1./s1. The number of amides is 1. The molecule has 0 saturated heterocycles. The van der Waals surface area contributed by atoms with Crippen molar-refractivity contribution in [2.75, 3.05) is 0 Å². The number of carboxylic acid groups (broad SMARTS) is 1. The molecule has 0 radical (unpaired) electrons. The van der Waals surface area contributed by atoms with Crippen molar-refractivity contribution in [2.24, 2.45) is 0 Å². The van der Waals surface area contributed by atoms with E-state index in [0.717, 1.165) is 6.08 Å². The molecule has 0 aromatic rings. The van der Waals surface area contributed by atoms with Gasteiger partial charge in [-0.1, -0.05) is 6.58 Å². The van der Waals surface area contributed by atoms with Gasteiger partial charge >= 0.3 is 5.97 Å². The minimum absolute atomic E-state index is 0. The average molecular weight is 210 g/mol. The lowest BCUT2D eigenvalue weighted by Gasteiger charge is -2.15. The number of carboxylic acids is 1. The van der Waals surface area contributed by atoms with Crippen LogP contribution in [0.1, 0.15) is 6.92 Å². The van der Waals surface area contributed by atoms with E-state index in [1.165, 1.54) is 6.92 Å². The quantitative estimate of drug-likeness (QED) is 0.547. The van der Waals surface area contributed by atoms with Crippen molar-refractivity contribution in [3.8, 4) is 0 Å². The predicted octanol–water partition coefficient (Wildman–Crippen LogP) is -0.456. The molecule has 0 aliphatic carbocycles. The Morgan fingerprint density at radius 2 is 2.00 bits per heavy atom. The normalized spacial score (nSPS) is 13.4. The highest BCUT2D eigenvalue weighted by Gasteiger charge is 2.23. The molecule has 6 heteroatoms. The van der Waals surface area contributed by atoms with Crippen molar-refractivity contribution in [1.82, 2.24) is 5.32 Å². The second-order valence-corrected chi connectivity index (χ2v) is 2.27. The van der Waals surface area contributed by atoms with Gasteiger partial charge in [-0.15, -0.1) is 12.4 Å². The molecule has 0 aliphatic rings. The fraction of sp³-hybridized carbons (Fsp3) is 0.429. The summed E-state index contributed by atoms with van der Waals surface area (Å²) >= 11 is 0. The number of carbonyl (C=O) groups excluding carboxylic acids is 1. The van der Waals surface area contributed by atoms with Crippen LogP contribution in [0, 0.1) is 0 Å². The molecular weight excluding hydrogens is 198 g/mol. The molecule has 0 bridgehead atoms. The van der Waals surface area contributed by atoms with E-state index in [-0.39, 0.29) is 12.4 Å². The van der Waals surface area contributed by atoms with Gasteiger partial charge in [0, 0.05) is 0 Å². The summed E-state index contributed by atoms with van der Waals surface area (Å²) in [5, 5.41) is 19.4. The summed E-state index contributed by atoms with van der Waals surface area (Å²) in [4.78, 5) is 21.0. The van der Waals surface area contributed by atoms with E-state index in [0.29, 0.717) is 0 Å². The summed E-state index contributed by atoms with van der Waals surface area (Å²) in [5.74, 6) is -1.90. The summed E-state index contributed by atoms with van der Waals surface area (Å²) in [6.45, 7) is 4.43. The molecule has 0 saturated carbocycles. The molecule has 0 aromatic heterocycles. The second kappa shape index (κ2) is 6.45. The summed E-state index contributed by atoms with van der Waals surface area (Å²) in [7, 11) is 0. The first kappa shape index (κ1) is 14.5. The fourth-order valence-electron chi connectivity index (χ4n) is 0.601. The molecule has 0 aliphatic heterocycles. The largest absolute Gasteiger partial charge is 0.480 e. The predicted molar refractivity (Wildman–Crippen MR) is 48.7 cm³/mol. The minimum atomic E-state index is -1.28. The smallest absolute Gasteiger partial charge is 0.328 e. The third-order valence-corrected chi connectivity index (χ3v) is 1.23. The molecule has 0 spiro atoms. The first-order valence-electron chi connectivity index (χ1n) is 3.33. The second-order valence-electron chi connectivity index (χ2n) is 2.27. The van der Waals surface area contributed by atoms with Gasteiger partial charge < -0.3 is 15.5 Å². The molecule has 5 nitrogen and oxygen atoms in total. The van der Waals surface area contributed by atoms with E-state index in [9.17, 15) is 9.59 Å². The number of nitrogens with one attached hydrogen (secondary N) is 1. The highest BCUT2D eigenvalue weighted by Crippen LogP contribution is 1.92. The van der Waals surface area contributed by atoms with Crippen LogP contribution in [0.3, 0.4) is 0 Å². The third kappa shape index (κ3) is 5.21. The lowest BCUT2D eigenvalue weighted by Crippen LogP contribution is -2.47. The van der Waals surface area contributed by atoms with E-state index >= 15 is 0 Å². The zero-order valence-electron chi connectivity index (χ0n) is 7.06. The fourth-order valence-corrected chi connectivity index (χ4v) is 0.601. The number of halogens is 1.